The van der Waals surface area contributed by atoms with Crippen molar-refractivity contribution in [1.82, 2.24) is 0 Å². The molecule has 0 aliphatic rings. The van der Waals surface area contributed by atoms with Gasteiger partial charge < -0.3 is 4.74 Å². The van der Waals surface area contributed by atoms with E-state index in [1.807, 2.05) is 0 Å². The van der Waals surface area contributed by atoms with E-state index in [9.17, 15) is 14.9 Å². The van der Waals surface area contributed by atoms with Crippen molar-refractivity contribution in [3.63, 3.8) is 0 Å². The topological polar surface area (TPSA) is 78.7 Å². The van der Waals surface area contributed by atoms with Crippen molar-refractivity contribution in [1.29, 1.82) is 0 Å². The van der Waals surface area contributed by atoms with Gasteiger partial charge in [-0.2, -0.15) is 4.84 Å². The van der Waals surface area contributed by atoms with Crippen LogP contribution in [0.5, 0.6) is 5.06 Å². The van der Waals surface area contributed by atoms with E-state index in [4.69, 9.17) is 0 Å². The molecule has 1 aromatic heterocycles. The molecule has 1 aromatic rings. The minimum absolute atomic E-state index is 0.252. The van der Waals surface area contributed by atoms with Crippen molar-refractivity contribution < 1.29 is 19.5 Å². The second kappa shape index (κ2) is 3.67. The summed E-state index contributed by atoms with van der Waals surface area (Å²) >= 11 is 1.13. The molecular weight excluding hydrogens is 186 g/mol. The Bertz CT molecular complexity index is 282. The molecule has 0 radical (unpaired) electrons. The Morgan fingerprint density at radius 3 is 2.92 bits per heavy atom. The van der Waals surface area contributed by atoms with Crippen LogP contribution in [0.4, 0.5) is 4.79 Å². The van der Waals surface area contributed by atoms with Crippen molar-refractivity contribution in [2.24, 2.45) is 0 Å². The summed E-state index contributed by atoms with van der Waals surface area (Å²) < 4.78 is 4.38. The third-order valence-electron chi connectivity index (χ3n) is 0.828. The second-order valence-corrected chi connectivity index (χ2v) is 2.51. The van der Waals surface area contributed by atoms with E-state index < -0.39 is 11.2 Å². The van der Waals surface area contributed by atoms with E-state index in [1.54, 1.807) is 11.4 Å². The van der Waals surface area contributed by atoms with Gasteiger partial charge in [0.15, 0.2) is 5.06 Å². The van der Waals surface area contributed by atoms with Gasteiger partial charge in [0.25, 0.3) is 0 Å². The maximum absolute atomic E-state index is 10.4. The maximum Gasteiger partial charge on any atom is 0.492 e. The fourth-order valence-corrected chi connectivity index (χ4v) is 1.05. The first-order chi connectivity index (χ1) is 5.68. The molecule has 6 nitrogen and oxygen atoms in total. The minimum atomic E-state index is -1.34. The van der Waals surface area contributed by atoms with Gasteiger partial charge in [0.1, 0.15) is 0 Å². The van der Waals surface area contributed by atoms with Crippen LogP contribution in [-0.2, 0) is 4.84 Å². The molecule has 7 heteroatoms. The molecular formula is C5H3NO5S. The summed E-state index contributed by atoms with van der Waals surface area (Å²) in [5, 5.41) is 10.3. The molecule has 12 heavy (non-hydrogen) atoms. The van der Waals surface area contributed by atoms with Gasteiger partial charge in [-0.1, -0.05) is 0 Å². The standard InChI is InChI=1S/C5H3NO5S/c7-5(11-6(8)9)10-4-2-1-3-12-4/h1-3H. The number of thiophene rings is 1. The predicted octanol–water partition coefficient (Wildman–Crippen LogP) is 1.46. The summed E-state index contributed by atoms with van der Waals surface area (Å²) in [5.74, 6) is 0. The van der Waals surface area contributed by atoms with Gasteiger partial charge in [-0.3, -0.25) is 0 Å². The van der Waals surface area contributed by atoms with Crippen LogP contribution < -0.4 is 4.74 Å². The highest BCUT2D eigenvalue weighted by atomic mass is 32.1. The van der Waals surface area contributed by atoms with Crippen LogP contribution in [-0.4, -0.2) is 11.2 Å². The third kappa shape index (κ3) is 2.54. The Hall–Kier alpha value is -1.63. The normalized spacial score (nSPS) is 9.00. The smallest absolute Gasteiger partial charge is 0.395 e. The maximum atomic E-state index is 10.4. The zero-order chi connectivity index (χ0) is 8.97. The minimum Gasteiger partial charge on any atom is -0.395 e. The van der Waals surface area contributed by atoms with E-state index in [1.165, 1.54) is 6.07 Å². The van der Waals surface area contributed by atoms with Gasteiger partial charge in [-0.05, 0) is 17.5 Å². The lowest BCUT2D eigenvalue weighted by atomic mass is 10.7. The van der Waals surface area contributed by atoms with E-state index in [0.29, 0.717) is 0 Å². The van der Waals surface area contributed by atoms with Crippen LogP contribution >= 0.6 is 11.3 Å². The van der Waals surface area contributed by atoms with Crippen molar-refractivity contribution >= 4 is 17.5 Å². The Balaban J connectivity index is 2.42. The molecule has 0 saturated heterocycles. The van der Waals surface area contributed by atoms with Gasteiger partial charge in [0, 0.05) is 0 Å². The summed E-state index contributed by atoms with van der Waals surface area (Å²) in [6.07, 6.45) is -1.34. The highest BCUT2D eigenvalue weighted by Crippen LogP contribution is 2.18. The Morgan fingerprint density at radius 2 is 2.42 bits per heavy atom. The molecule has 0 unspecified atom stereocenters. The molecule has 0 bridgehead atoms. The third-order valence-corrected chi connectivity index (χ3v) is 1.57. The summed E-state index contributed by atoms with van der Waals surface area (Å²) in [6, 6.07) is 3.13. The van der Waals surface area contributed by atoms with E-state index in [0.717, 1.165) is 11.3 Å². The molecule has 0 N–H and O–H groups in total. The number of carbonyl (C=O) groups is 1. The molecule has 0 saturated carbocycles. The van der Waals surface area contributed by atoms with Crippen LogP contribution in [0.3, 0.4) is 0 Å². The van der Waals surface area contributed by atoms with Crippen LogP contribution in [0.25, 0.3) is 0 Å². The quantitative estimate of drug-likeness (QED) is 0.399. The Kier molecular flexibility index (Phi) is 2.59. The van der Waals surface area contributed by atoms with Crippen LogP contribution in [0.2, 0.25) is 0 Å². The van der Waals surface area contributed by atoms with E-state index >= 15 is 0 Å². The highest BCUT2D eigenvalue weighted by Gasteiger charge is 2.09. The van der Waals surface area contributed by atoms with Crippen LogP contribution in [0, 0.1) is 10.1 Å². The summed E-state index contributed by atoms with van der Waals surface area (Å²) in [5.41, 5.74) is 0. The average molecular weight is 189 g/mol. The fourth-order valence-electron chi connectivity index (χ4n) is 0.483. The number of hydrogen-bond acceptors (Lipinski definition) is 6. The van der Waals surface area contributed by atoms with E-state index in [2.05, 4.69) is 9.57 Å². The molecule has 0 aliphatic heterocycles. The molecule has 0 fully saturated rings. The van der Waals surface area contributed by atoms with Crippen molar-refractivity contribution in [3.05, 3.63) is 27.6 Å². The molecule has 64 valence electrons. The lowest BCUT2D eigenvalue weighted by Gasteiger charge is -1.95. The summed E-state index contributed by atoms with van der Waals surface area (Å²) in [4.78, 5) is 23.6. The van der Waals surface area contributed by atoms with E-state index in [-0.39, 0.29) is 5.06 Å². The lowest BCUT2D eigenvalue weighted by Crippen LogP contribution is -2.13. The zero-order valence-corrected chi connectivity index (χ0v) is 6.45. The van der Waals surface area contributed by atoms with Gasteiger partial charge >= 0.3 is 11.2 Å². The van der Waals surface area contributed by atoms with Crippen molar-refractivity contribution in [2.75, 3.05) is 0 Å². The first-order valence-corrected chi connectivity index (χ1v) is 3.64. The number of hydrogen-bond donors (Lipinski definition) is 0. The monoisotopic (exact) mass is 189 g/mol. The van der Waals surface area contributed by atoms with Crippen molar-refractivity contribution in [3.8, 4) is 5.06 Å². The fraction of sp³-hybridized carbons (Fsp3) is 0. The molecule has 1 heterocycles. The van der Waals surface area contributed by atoms with Crippen LogP contribution in [0.1, 0.15) is 0 Å². The van der Waals surface area contributed by atoms with Gasteiger partial charge in [-0.15, -0.1) is 21.5 Å². The lowest BCUT2D eigenvalue weighted by molar-refractivity contribution is -0.729. The van der Waals surface area contributed by atoms with Crippen LogP contribution in [0.15, 0.2) is 17.5 Å². The van der Waals surface area contributed by atoms with Crippen molar-refractivity contribution in [2.45, 2.75) is 0 Å². The Morgan fingerprint density at radius 1 is 1.67 bits per heavy atom. The molecule has 0 spiro atoms. The number of rotatable bonds is 2. The highest BCUT2D eigenvalue weighted by molar-refractivity contribution is 7.11. The number of carbonyl (C=O) groups excluding carboxylic acids is 1. The largest absolute Gasteiger partial charge is 0.492 e. The van der Waals surface area contributed by atoms with Gasteiger partial charge in [-0.25, -0.2) is 4.79 Å². The molecule has 0 aromatic carbocycles. The first-order valence-electron chi connectivity index (χ1n) is 2.76. The second-order valence-electron chi connectivity index (χ2n) is 1.60. The molecule has 0 amide bonds. The molecule has 1 rings (SSSR count). The van der Waals surface area contributed by atoms with Gasteiger partial charge in [0.2, 0.25) is 0 Å². The predicted molar refractivity (Wildman–Crippen MR) is 38.4 cm³/mol. The average Bonchev–Trinajstić information content (AvgIpc) is 2.37. The SMILES string of the molecule is O=C(Oc1cccs1)O[N+](=O)[O-]. The summed E-state index contributed by atoms with van der Waals surface area (Å²) in [7, 11) is 0. The molecule has 0 aliphatic carbocycles. The molecule has 0 atom stereocenters. The summed E-state index contributed by atoms with van der Waals surface area (Å²) in [6.45, 7) is 0. The zero-order valence-electron chi connectivity index (χ0n) is 5.63. The number of nitrogens with zero attached hydrogens (tertiary/aromatic N) is 1. The first kappa shape index (κ1) is 8.47. The Labute approximate surface area is 70.4 Å². The van der Waals surface area contributed by atoms with Gasteiger partial charge in [0.05, 0.1) is 0 Å². The number of ether oxygens (including phenoxy) is 1.